The van der Waals surface area contributed by atoms with E-state index in [0.29, 0.717) is 6.54 Å². The van der Waals surface area contributed by atoms with Crippen molar-refractivity contribution in [1.29, 1.82) is 0 Å². The van der Waals surface area contributed by atoms with Crippen LogP contribution in [-0.2, 0) is 10.0 Å². The van der Waals surface area contributed by atoms with E-state index in [9.17, 15) is 12.8 Å². The molecule has 2 fully saturated rings. The minimum Gasteiger partial charge on any atom is -0.398 e. The maximum atomic E-state index is 13.1. The first-order valence-corrected chi connectivity index (χ1v) is 8.64. The van der Waals surface area contributed by atoms with E-state index < -0.39 is 15.8 Å². The molecule has 1 aromatic carbocycles. The van der Waals surface area contributed by atoms with Gasteiger partial charge < -0.3 is 5.73 Å². The van der Waals surface area contributed by atoms with Gasteiger partial charge >= 0.3 is 0 Å². The van der Waals surface area contributed by atoms with Gasteiger partial charge in [0.25, 0.3) is 0 Å². The summed E-state index contributed by atoms with van der Waals surface area (Å²) in [6, 6.07) is 3.64. The Hall–Kier alpha value is -1.18. The maximum absolute atomic E-state index is 13.1. The van der Waals surface area contributed by atoms with E-state index >= 15 is 0 Å². The third-order valence-corrected chi connectivity index (χ3v) is 6.49. The average Bonchev–Trinajstić information content (AvgIpc) is 2.84. The smallest absolute Gasteiger partial charge is 0.245 e. The Kier molecular flexibility index (Phi) is 3.67. The first kappa shape index (κ1) is 14.7. The second-order valence-corrected chi connectivity index (χ2v) is 7.76. The van der Waals surface area contributed by atoms with Crippen LogP contribution in [0.4, 0.5) is 10.1 Å². The number of benzene rings is 1. The first-order valence-electron chi connectivity index (χ1n) is 7.20. The SMILES string of the molecule is CC1CN2CCCC2CN1S(=O)(=O)c1ccc(F)cc1N. The predicted molar refractivity (Wildman–Crippen MR) is 78.8 cm³/mol. The van der Waals surface area contributed by atoms with Crippen LogP contribution in [0.1, 0.15) is 19.8 Å². The normalized spacial score (nSPS) is 27.7. The second-order valence-electron chi connectivity index (χ2n) is 5.90. The van der Waals surface area contributed by atoms with E-state index in [0.717, 1.165) is 38.1 Å². The largest absolute Gasteiger partial charge is 0.398 e. The highest BCUT2D eigenvalue weighted by Crippen LogP contribution is 2.31. The lowest BCUT2D eigenvalue weighted by atomic mass is 10.1. The van der Waals surface area contributed by atoms with E-state index in [-0.39, 0.29) is 22.7 Å². The molecule has 7 heteroatoms. The Bertz CT molecular complexity index is 650. The summed E-state index contributed by atoms with van der Waals surface area (Å²) in [5, 5.41) is 0. The molecule has 0 bridgehead atoms. The Morgan fingerprint density at radius 1 is 1.33 bits per heavy atom. The van der Waals surface area contributed by atoms with Crippen molar-refractivity contribution in [2.75, 3.05) is 25.4 Å². The number of nitrogens with zero attached hydrogens (tertiary/aromatic N) is 2. The summed E-state index contributed by atoms with van der Waals surface area (Å²) in [4.78, 5) is 2.35. The van der Waals surface area contributed by atoms with Crippen molar-refractivity contribution in [2.45, 2.75) is 36.7 Å². The quantitative estimate of drug-likeness (QED) is 0.835. The van der Waals surface area contributed by atoms with Crippen LogP contribution in [0.3, 0.4) is 0 Å². The number of hydrogen-bond acceptors (Lipinski definition) is 4. The minimum absolute atomic E-state index is 0.00203. The zero-order valence-electron chi connectivity index (χ0n) is 12.0. The molecule has 116 valence electrons. The van der Waals surface area contributed by atoms with Crippen LogP contribution in [0.15, 0.2) is 23.1 Å². The van der Waals surface area contributed by atoms with Crippen molar-refractivity contribution in [1.82, 2.24) is 9.21 Å². The molecule has 21 heavy (non-hydrogen) atoms. The number of fused-ring (bicyclic) bond motifs is 1. The van der Waals surface area contributed by atoms with E-state index in [1.54, 1.807) is 0 Å². The maximum Gasteiger partial charge on any atom is 0.245 e. The minimum atomic E-state index is -3.68. The standard InChI is InChI=1S/C14H20FN3O2S/c1-10-8-17-6-2-3-12(17)9-18(10)21(19,20)14-5-4-11(15)7-13(14)16/h4-5,7,10,12H,2-3,6,8-9,16H2,1H3. The topological polar surface area (TPSA) is 66.6 Å². The molecule has 0 spiro atoms. The highest BCUT2D eigenvalue weighted by atomic mass is 32.2. The molecule has 0 radical (unpaired) electrons. The predicted octanol–water partition coefficient (Wildman–Crippen LogP) is 1.27. The lowest BCUT2D eigenvalue weighted by Gasteiger charge is -2.41. The number of nitrogen functional groups attached to an aromatic ring is 1. The fourth-order valence-corrected chi connectivity index (χ4v) is 5.13. The van der Waals surface area contributed by atoms with Crippen LogP contribution in [0.25, 0.3) is 0 Å². The number of sulfonamides is 1. The summed E-state index contributed by atoms with van der Waals surface area (Å²) in [6.07, 6.45) is 2.14. The van der Waals surface area contributed by atoms with Crippen molar-refractivity contribution >= 4 is 15.7 Å². The molecule has 2 aliphatic rings. The molecule has 2 aliphatic heterocycles. The van der Waals surface area contributed by atoms with Crippen molar-refractivity contribution in [3.63, 3.8) is 0 Å². The zero-order valence-corrected chi connectivity index (χ0v) is 12.8. The van der Waals surface area contributed by atoms with E-state index in [1.807, 2.05) is 6.92 Å². The van der Waals surface area contributed by atoms with Crippen molar-refractivity contribution in [3.8, 4) is 0 Å². The molecular formula is C14H20FN3O2S. The van der Waals surface area contributed by atoms with Gasteiger partial charge in [-0.3, -0.25) is 4.90 Å². The summed E-state index contributed by atoms with van der Waals surface area (Å²) in [5.74, 6) is -0.528. The molecule has 0 amide bonds. The summed E-state index contributed by atoms with van der Waals surface area (Å²) < 4.78 is 40.3. The monoisotopic (exact) mass is 313 g/mol. The van der Waals surface area contributed by atoms with Gasteiger partial charge in [0.2, 0.25) is 10.0 Å². The second kappa shape index (κ2) is 5.23. The molecule has 2 N–H and O–H groups in total. The van der Waals surface area contributed by atoms with Crippen molar-refractivity contribution in [3.05, 3.63) is 24.0 Å². The lowest BCUT2D eigenvalue weighted by Crippen LogP contribution is -2.56. The number of rotatable bonds is 2. The van der Waals surface area contributed by atoms with Crippen LogP contribution >= 0.6 is 0 Å². The van der Waals surface area contributed by atoms with Crippen LogP contribution in [0.2, 0.25) is 0 Å². The lowest BCUT2D eigenvalue weighted by molar-refractivity contribution is 0.117. The summed E-state index contributed by atoms with van der Waals surface area (Å²) in [5.41, 5.74) is 5.68. The Morgan fingerprint density at radius 2 is 2.10 bits per heavy atom. The van der Waals surface area contributed by atoms with Gasteiger partial charge in [0, 0.05) is 25.2 Å². The highest BCUT2D eigenvalue weighted by Gasteiger charge is 2.40. The van der Waals surface area contributed by atoms with E-state index in [2.05, 4.69) is 4.90 Å². The third kappa shape index (κ3) is 2.54. The Morgan fingerprint density at radius 3 is 2.81 bits per heavy atom. The fourth-order valence-electron chi connectivity index (χ4n) is 3.38. The molecule has 1 aromatic rings. The fraction of sp³-hybridized carbons (Fsp3) is 0.571. The van der Waals surface area contributed by atoms with Gasteiger partial charge in [-0.2, -0.15) is 4.31 Å². The first-order chi connectivity index (χ1) is 9.89. The van der Waals surface area contributed by atoms with Crippen LogP contribution < -0.4 is 5.73 Å². The molecule has 0 saturated carbocycles. The van der Waals surface area contributed by atoms with Gasteiger partial charge in [-0.05, 0) is 44.5 Å². The molecule has 2 unspecified atom stereocenters. The van der Waals surface area contributed by atoms with E-state index in [4.69, 9.17) is 5.73 Å². The molecular weight excluding hydrogens is 293 g/mol. The number of piperazine rings is 1. The number of nitrogens with two attached hydrogens (primary N) is 1. The van der Waals surface area contributed by atoms with Gasteiger partial charge in [0.15, 0.2) is 0 Å². The van der Waals surface area contributed by atoms with E-state index in [1.165, 1.54) is 10.4 Å². The number of anilines is 1. The zero-order chi connectivity index (χ0) is 15.2. The molecule has 5 nitrogen and oxygen atoms in total. The van der Waals surface area contributed by atoms with Crippen molar-refractivity contribution < 1.29 is 12.8 Å². The Balaban J connectivity index is 1.93. The molecule has 0 aliphatic carbocycles. The van der Waals surface area contributed by atoms with Gasteiger partial charge in [-0.1, -0.05) is 0 Å². The van der Waals surface area contributed by atoms with Gasteiger partial charge in [0.1, 0.15) is 10.7 Å². The van der Waals surface area contributed by atoms with Gasteiger partial charge in [-0.15, -0.1) is 0 Å². The molecule has 2 heterocycles. The van der Waals surface area contributed by atoms with Crippen LogP contribution in [-0.4, -0.2) is 49.3 Å². The molecule has 2 atom stereocenters. The average molecular weight is 313 g/mol. The summed E-state index contributed by atoms with van der Waals surface area (Å²) in [6.45, 7) is 4.18. The highest BCUT2D eigenvalue weighted by molar-refractivity contribution is 7.89. The third-order valence-electron chi connectivity index (χ3n) is 4.44. The molecule has 0 aromatic heterocycles. The van der Waals surface area contributed by atoms with Crippen LogP contribution in [0.5, 0.6) is 0 Å². The van der Waals surface area contributed by atoms with Crippen molar-refractivity contribution in [2.24, 2.45) is 0 Å². The van der Waals surface area contributed by atoms with Gasteiger partial charge in [-0.25, -0.2) is 12.8 Å². The Labute approximate surface area is 124 Å². The number of hydrogen-bond donors (Lipinski definition) is 1. The van der Waals surface area contributed by atoms with Gasteiger partial charge in [0.05, 0.1) is 5.69 Å². The summed E-state index contributed by atoms with van der Waals surface area (Å²) >= 11 is 0. The molecule has 3 rings (SSSR count). The molecule has 2 saturated heterocycles. The van der Waals surface area contributed by atoms with Crippen LogP contribution in [0, 0.1) is 5.82 Å². The number of halogens is 1. The summed E-state index contributed by atoms with van der Waals surface area (Å²) in [7, 11) is -3.68.